The highest BCUT2D eigenvalue weighted by molar-refractivity contribution is 7.27. The Hall–Kier alpha value is -1.69. The zero-order valence-corrected chi connectivity index (χ0v) is 11.1. The van der Waals surface area contributed by atoms with Crippen molar-refractivity contribution < 1.29 is 9.36 Å². The van der Waals surface area contributed by atoms with Crippen LogP contribution in [0.4, 0.5) is 11.4 Å². The van der Waals surface area contributed by atoms with E-state index in [1.54, 1.807) is 24.3 Å². The van der Waals surface area contributed by atoms with Crippen LogP contribution in [0.3, 0.4) is 0 Å². The molecule has 1 fully saturated rings. The number of amides is 1. The highest BCUT2D eigenvalue weighted by Gasteiger charge is 2.48. The molecule has 0 radical (unpaired) electrons. The molecule has 1 saturated heterocycles. The summed E-state index contributed by atoms with van der Waals surface area (Å²) < 4.78 is 11.3. The van der Waals surface area contributed by atoms with Crippen molar-refractivity contribution in [1.82, 2.24) is 5.01 Å². The van der Waals surface area contributed by atoms with Gasteiger partial charge < -0.3 is 16.8 Å². The van der Waals surface area contributed by atoms with Crippen LogP contribution in [0.5, 0.6) is 0 Å². The Labute approximate surface area is 112 Å². The number of anilines is 2. The van der Waals surface area contributed by atoms with Crippen LogP contribution in [-0.2, 0) is 9.36 Å². The molecule has 0 aliphatic carbocycles. The van der Waals surface area contributed by atoms with Gasteiger partial charge in [0.15, 0.2) is 13.7 Å². The van der Waals surface area contributed by atoms with Gasteiger partial charge in [0.05, 0.1) is 6.04 Å². The van der Waals surface area contributed by atoms with Crippen molar-refractivity contribution in [2.45, 2.75) is 17.7 Å². The number of carbonyl (C=O) groups excluding carboxylic acids is 1. The maximum absolute atomic E-state index is 11.9. The highest BCUT2D eigenvalue weighted by Crippen LogP contribution is 2.31. The number of nitrogen functional groups attached to an aromatic ring is 1. The SMILES string of the molecule is Nc1ccc(NC2CCN(N)C(=O)[C@@]2(N)P=O)cc1. The quantitative estimate of drug-likeness (QED) is 0.269. The molecule has 1 heterocycles. The molecule has 1 amide bonds. The first-order chi connectivity index (χ1) is 8.97. The Bertz CT molecular complexity index is 494. The molecule has 0 aromatic heterocycles. The van der Waals surface area contributed by atoms with Crippen molar-refractivity contribution in [3.8, 4) is 0 Å². The molecular weight excluding hydrogens is 265 g/mol. The number of benzene rings is 1. The molecule has 8 heteroatoms. The van der Waals surface area contributed by atoms with E-state index in [9.17, 15) is 9.36 Å². The number of hydrogen-bond donors (Lipinski definition) is 4. The van der Waals surface area contributed by atoms with Crippen molar-refractivity contribution in [3.63, 3.8) is 0 Å². The first-order valence-corrected chi connectivity index (χ1v) is 6.61. The second kappa shape index (κ2) is 5.13. The fraction of sp³-hybridized carbons (Fsp3) is 0.364. The minimum Gasteiger partial charge on any atom is -0.399 e. The smallest absolute Gasteiger partial charge is 0.270 e. The number of carbonyl (C=O) groups is 1. The molecule has 19 heavy (non-hydrogen) atoms. The van der Waals surface area contributed by atoms with Gasteiger partial charge in [-0.3, -0.25) is 14.4 Å². The van der Waals surface area contributed by atoms with Gasteiger partial charge in [0.2, 0.25) is 0 Å². The van der Waals surface area contributed by atoms with Gasteiger partial charge in [-0.1, -0.05) is 0 Å². The van der Waals surface area contributed by atoms with E-state index in [1.807, 2.05) is 0 Å². The summed E-state index contributed by atoms with van der Waals surface area (Å²) in [5.74, 6) is 4.98. The molecule has 7 N–H and O–H groups in total. The van der Waals surface area contributed by atoms with Gasteiger partial charge in [0.25, 0.3) is 5.91 Å². The van der Waals surface area contributed by atoms with Crippen LogP contribution in [0.1, 0.15) is 6.42 Å². The van der Waals surface area contributed by atoms with Crippen LogP contribution in [0.15, 0.2) is 24.3 Å². The Kier molecular flexibility index (Phi) is 3.71. The van der Waals surface area contributed by atoms with E-state index >= 15 is 0 Å². The minimum absolute atomic E-state index is 0.361. The van der Waals surface area contributed by atoms with Crippen molar-refractivity contribution >= 4 is 25.7 Å². The largest absolute Gasteiger partial charge is 0.399 e. The lowest BCUT2D eigenvalue weighted by Gasteiger charge is -2.39. The fourth-order valence-corrected chi connectivity index (χ4v) is 2.56. The third kappa shape index (κ3) is 2.53. The van der Waals surface area contributed by atoms with Crippen LogP contribution in [0, 0.1) is 0 Å². The van der Waals surface area contributed by atoms with E-state index in [0.717, 1.165) is 10.7 Å². The van der Waals surface area contributed by atoms with Crippen molar-refractivity contribution in [3.05, 3.63) is 24.3 Å². The van der Waals surface area contributed by atoms with Crippen LogP contribution in [-0.4, -0.2) is 28.8 Å². The third-order valence-corrected chi connectivity index (χ3v) is 4.00. The van der Waals surface area contributed by atoms with Crippen molar-refractivity contribution in [1.29, 1.82) is 0 Å². The van der Waals surface area contributed by atoms with Crippen molar-refractivity contribution in [2.75, 3.05) is 17.6 Å². The molecule has 2 rings (SSSR count). The first-order valence-electron chi connectivity index (χ1n) is 5.79. The lowest BCUT2D eigenvalue weighted by Crippen LogP contribution is -2.66. The second-order valence-corrected chi connectivity index (χ2v) is 5.45. The molecule has 1 aromatic carbocycles. The van der Waals surface area contributed by atoms with Gasteiger partial charge >= 0.3 is 0 Å². The average molecular weight is 281 g/mol. The van der Waals surface area contributed by atoms with Gasteiger partial charge in [-0.2, -0.15) is 0 Å². The number of nitrogens with one attached hydrogen (secondary N) is 1. The number of piperidine rings is 1. The number of nitrogens with zero attached hydrogens (tertiary/aromatic N) is 1. The molecule has 0 saturated carbocycles. The van der Waals surface area contributed by atoms with E-state index in [-0.39, 0.29) is 0 Å². The van der Waals surface area contributed by atoms with E-state index in [0.29, 0.717) is 18.7 Å². The summed E-state index contributed by atoms with van der Waals surface area (Å²) >= 11 is 0. The number of hydrogen-bond acceptors (Lipinski definition) is 6. The zero-order chi connectivity index (χ0) is 14.0. The molecule has 102 valence electrons. The summed E-state index contributed by atoms with van der Waals surface area (Å²) in [5.41, 5.74) is 12.9. The normalized spacial score (nSPS) is 27.6. The van der Waals surface area contributed by atoms with Crippen LogP contribution in [0.2, 0.25) is 0 Å². The molecule has 1 aliphatic rings. The number of hydrazine groups is 1. The van der Waals surface area contributed by atoms with Gasteiger partial charge in [0.1, 0.15) is 0 Å². The van der Waals surface area contributed by atoms with Gasteiger partial charge in [-0.05, 0) is 30.7 Å². The second-order valence-electron chi connectivity index (χ2n) is 4.52. The van der Waals surface area contributed by atoms with Gasteiger partial charge in [-0.25, -0.2) is 5.84 Å². The summed E-state index contributed by atoms with van der Waals surface area (Å²) in [6.07, 6.45) is 0.512. The summed E-state index contributed by atoms with van der Waals surface area (Å²) in [6.45, 7) is 0.361. The Morgan fingerprint density at radius 3 is 2.58 bits per heavy atom. The van der Waals surface area contributed by atoms with E-state index in [1.165, 1.54) is 0 Å². The monoisotopic (exact) mass is 281 g/mol. The molecule has 7 nitrogen and oxygen atoms in total. The minimum atomic E-state index is -1.55. The van der Waals surface area contributed by atoms with Crippen LogP contribution in [0.25, 0.3) is 0 Å². The fourth-order valence-electron chi connectivity index (χ4n) is 2.03. The summed E-state index contributed by atoms with van der Waals surface area (Å²) in [4.78, 5) is 11.9. The lowest BCUT2D eigenvalue weighted by molar-refractivity contribution is -0.137. The number of rotatable bonds is 3. The topological polar surface area (TPSA) is 127 Å². The van der Waals surface area contributed by atoms with Gasteiger partial charge in [0, 0.05) is 17.9 Å². The van der Waals surface area contributed by atoms with Crippen LogP contribution >= 0.6 is 8.46 Å². The van der Waals surface area contributed by atoms with Crippen LogP contribution < -0.4 is 22.6 Å². The zero-order valence-electron chi connectivity index (χ0n) is 10.2. The Morgan fingerprint density at radius 1 is 1.37 bits per heavy atom. The number of nitrogens with two attached hydrogens (primary N) is 3. The maximum Gasteiger partial charge on any atom is 0.270 e. The van der Waals surface area contributed by atoms with E-state index in [4.69, 9.17) is 17.3 Å². The standard InChI is InChI=1S/C11H16N5O2P/c12-7-1-3-8(4-2-7)15-9-5-6-16(14)10(17)11(9,13)19-18/h1-4,9,15H,5-6,12-14H2/t9?,11-/m0/s1. The van der Waals surface area contributed by atoms with E-state index in [2.05, 4.69) is 5.32 Å². The first kappa shape index (κ1) is 13.7. The lowest BCUT2D eigenvalue weighted by atomic mass is 9.99. The summed E-state index contributed by atoms with van der Waals surface area (Å²) in [5, 5.41) is 2.57. The molecule has 0 bridgehead atoms. The van der Waals surface area contributed by atoms with Gasteiger partial charge in [-0.15, -0.1) is 0 Å². The molecule has 0 spiro atoms. The predicted molar refractivity (Wildman–Crippen MR) is 73.3 cm³/mol. The molecule has 1 aliphatic heterocycles. The Morgan fingerprint density at radius 2 is 2.00 bits per heavy atom. The average Bonchev–Trinajstić information content (AvgIpc) is 2.42. The molecule has 1 aromatic rings. The van der Waals surface area contributed by atoms with E-state index < -0.39 is 25.7 Å². The summed E-state index contributed by atoms with van der Waals surface area (Å²) in [7, 11) is -0.457. The predicted octanol–water partition coefficient (Wildman–Crippen LogP) is 0.102. The van der Waals surface area contributed by atoms with Crippen molar-refractivity contribution in [2.24, 2.45) is 11.6 Å². The molecule has 1 unspecified atom stereocenters. The maximum atomic E-state index is 11.9. The molecule has 2 atom stereocenters. The summed E-state index contributed by atoms with van der Waals surface area (Å²) in [6, 6.07) is 6.56. The Balaban J connectivity index is 2.21. The highest BCUT2D eigenvalue weighted by atomic mass is 31.1. The third-order valence-electron chi connectivity index (χ3n) is 3.20. The molecular formula is C11H16N5O2P.